The van der Waals surface area contributed by atoms with Crippen LogP contribution in [0.4, 0.5) is 0 Å². The molecule has 0 aromatic heterocycles. The molecule has 406 valence electrons. The van der Waals surface area contributed by atoms with Crippen LogP contribution < -0.4 is 0 Å². The zero-order valence-corrected chi connectivity index (χ0v) is 45.6. The second-order valence-corrected chi connectivity index (χ2v) is 20.2. The molecule has 0 bridgehead atoms. The number of rotatable bonds is 52. The predicted molar refractivity (Wildman–Crippen MR) is 288 cm³/mol. The van der Waals surface area contributed by atoms with E-state index in [9.17, 15) is 28.9 Å². The molecule has 0 heterocycles. The van der Waals surface area contributed by atoms with Gasteiger partial charge in [-0.1, -0.05) is 191 Å². The van der Waals surface area contributed by atoms with E-state index >= 15 is 0 Å². The van der Waals surface area contributed by atoms with E-state index in [1.807, 2.05) is 0 Å². The number of unbranched alkanes of at least 4 members (excludes halogenated alkanes) is 25. The first-order valence-electron chi connectivity index (χ1n) is 28.2. The molecule has 0 aromatic carbocycles. The number of carbonyl (C=O) groups is 3. The fourth-order valence-electron chi connectivity index (χ4n) is 7.59. The lowest BCUT2D eigenvalue weighted by molar-refractivity contribution is -0.161. The molecular weight excluding hydrogens is 904 g/mol. The van der Waals surface area contributed by atoms with Gasteiger partial charge in [0.15, 0.2) is 6.10 Å². The van der Waals surface area contributed by atoms with Crippen LogP contribution in [-0.2, 0) is 42.2 Å². The second kappa shape index (κ2) is 52.5. The molecule has 0 fully saturated rings. The maximum absolute atomic E-state index is 12.9. The first-order valence-corrected chi connectivity index (χ1v) is 29.7. The average molecular weight is 1010 g/mol. The van der Waals surface area contributed by atoms with E-state index in [0.29, 0.717) is 19.3 Å². The predicted octanol–water partition coefficient (Wildman–Crippen LogP) is 16.4. The zero-order chi connectivity index (χ0) is 51.3. The number of phosphoric acid groups is 1. The minimum atomic E-state index is -4.75. The summed E-state index contributed by atoms with van der Waals surface area (Å²) >= 11 is 0. The van der Waals surface area contributed by atoms with Crippen LogP contribution in [0.15, 0.2) is 60.8 Å². The first kappa shape index (κ1) is 67.2. The molecule has 2 N–H and O–H groups in total. The highest BCUT2D eigenvalue weighted by Gasteiger charge is 2.28. The van der Waals surface area contributed by atoms with Crippen molar-refractivity contribution in [1.29, 1.82) is 0 Å². The van der Waals surface area contributed by atoms with Crippen LogP contribution in [0.1, 0.15) is 252 Å². The van der Waals surface area contributed by atoms with Crippen molar-refractivity contribution in [3.8, 4) is 0 Å². The summed E-state index contributed by atoms with van der Waals surface area (Å²) in [6.45, 7) is 4.48. The lowest BCUT2D eigenvalue weighted by atomic mass is 10.1. The summed E-state index contributed by atoms with van der Waals surface area (Å²) < 4.78 is 39.4. The number of hydrogen-bond donors (Lipinski definition) is 2. The van der Waals surface area contributed by atoms with E-state index in [1.165, 1.54) is 77.0 Å². The molecule has 0 radical (unpaired) electrons. The highest BCUT2D eigenvalue weighted by molar-refractivity contribution is 7.47. The average Bonchev–Trinajstić information content (AvgIpc) is 3.35. The third-order valence-electron chi connectivity index (χ3n) is 11.9. The molecule has 0 aliphatic carbocycles. The van der Waals surface area contributed by atoms with Gasteiger partial charge in [-0.15, -0.1) is 0 Å². The van der Waals surface area contributed by atoms with E-state index in [0.717, 1.165) is 116 Å². The number of carbonyl (C=O) groups excluding carboxylic acids is 3. The lowest BCUT2D eigenvalue weighted by Gasteiger charge is -2.21. The SMILES string of the molecule is CC/C=C\C/C=C\C/C=C\CCCCCC(=O)OCC(COP(=O)(O)OCC(CO)OC(=O)CCCCCCC/C=C\CCCCCCCC)OC(=O)CCCCCCC/C=C\CCCCCCCC. The van der Waals surface area contributed by atoms with Crippen LogP contribution in [0.2, 0.25) is 0 Å². The van der Waals surface area contributed by atoms with Crippen LogP contribution in [-0.4, -0.2) is 66.5 Å². The maximum atomic E-state index is 12.9. The highest BCUT2D eigenvalue weighted by atomic mass is 31.2. The molecule has 0 aromatic rings. The summed E-state index contributed by atoms with van der Waals surface area (Å²) in [5.41, 5.74) is 0. The van der Waals surface area contributed by atoms with Crippen LogP contribution in [0, 0.1) is 0 Å². The molecule has 0 spiro atoms. The molecule has 0 aliphatic rings. The number of aliphatic hydroxyl groups is 1. The standard InChI is InChI=1S/C58H103O11P/c1-4-7-10-13-16-19-22-25-27-30-33-36-39-42-45-48-57(61)68-54(50-59)52-66-70(63,64)67-53-55(51-65-56(60)47-44-41-38-35-32-29-24-21-18-15-12-9-6-3)69-58(62)49-46-43-40-37-34-31-28-26-23-20-17-14-11-8-5-2/h9,12,18,21,25-29,32,54-55,59H,4-8,10-11,13-17,19-20,22-24,30-31,33-53H2,1-3H3,(H,63,64)/b12-9-,21-18-,27-25-,28-26-,32-29-. The highest BCUT2D eigenvalue weighted by Crippen LogP contribution is 2.43. The third-order valence-corrected chi connectivity index (χ3v) is 12.8. The largest absolute Gasteiger partial charge is 0.472 e. The van der Waals surface area contributed by atoms with Gasteiger partial charge in [0.25, 0.3) is 0 Å². The minimum absolute atomic E-state index is 0.150. The molecule has 0 amide bonds. The Bertz CT molecular complexity index is 1410. The molecule has 0 saturated carbocycles. The van der Waals surface area contributed by atoms with Crippen molar-refractivity contribution in [3.05, 3.63) is 60.8 Å². The van der Waals surface area contributed by atoms with Crippen molar-refractivity contribution < 1.29 is 52.2 Å². The molecule has 70 heavy (non-hydrogen) atoms. The Labute approximate surface area is 427 Å². The molecule has 0 saturated heterocycles. The summed E-state index contributed by atoms with van der Waals surface area (Å²) in [5, 5.41) is 9.80. The van der Waals surface area contributed by atoms with Gasteiger partial charge in [0.2, 0.25) is 0 Å². The van der Waals surface area contributed by atoms with E-state index in [2.05, 4.69) is 81.5 Å². The number of ether oxygens (including phenoxy) is 3. The molecule has 0 aliphatic heterocycles. The Kier molecular flexibility index (Phi) is 50.4. The van der Waals surface area contributed by atoms with E-state index in [-0.39, 0.29) is 25.9 Å². The molecule has 3 atom stereocenters. The quantitative estimate of drug-likeness (QED) is 0.0197. The minimum Gasteiger partial charge on any atom is -0.462 e. The molecule has 3 unspecified atom stereocenters. The van der Waals surface area contributed by atoms with Gasteiger partial charge in [-0.25, -0.2) is 4.57 Å². The normalized spacial score (nSPS) is 13.8. The summed E-state index contributed by atoms with van der Waals surface area (Å²) in [7, 11) is -4.75. The zero-order valence-electron chi connectivity index (χ0n) is 44.7. The Morgan fingerprint density at radius 2 is 0.743 bits per heavy atom. The third kappa shape index (κ3) is 50.1. The Hall–Kier alpha value is -2.82. The number of allylic oxidation sites excluding steroid dienone is 10. The summed E-state index contributed by atoms with van der Waals surface area (Å²) in [5.74, 6) is -1.51. The number of aliphatic hydroxyl groups excluding tert-OH is 1. The van der Waals surface area contributed by atoms with Gasteiger partial charge in [-0.3, -0.25) is 23.4 Å². The smallest absolute Gasteiger partial charge is 0.462 e. The van der Waals surface area contributed by atoms with Crippen LogP contribution in [0.5, 0.6) is 0 Å². The van der Waals surface area contributed by atoms with Crippen LogP contribution >= 0.6 is 7.82 Å². The summed E-state index contributed by atoms with van der Waals surface area (Å²) in [6.07, 6.45) is 56.1. The Morgan fingerprint density at radius 1 is 0.414 bits per heavy atom. The van der Waals surface area contributed by atoms with E-state index < -0.39 is 57.8 Å². The van der Waals surface area contributed by atoms with Crippen molar-refractivity contribution in [3.63, 3.8) is 0 Å². The summed E-state index contributed by atoms with van der Waals surface area (Å²) in [6, 6.07) is 0. The van der Waals surface area contributed by atoms with E-state index in [4.69, 9.17) is 23.3 Å². The molecule has 12 heteroatoms. The number of hydrogen-bond acceptors (Lipinski definition) is 10. The van der Waals surface area contributed by atoms with Gasteiger partial charge in [-0.05, 0) is 103 Å². The number of phosphoric ester groups is 1. The monoisotopic (exact) mass is 1010 g/mol. The number of esters is 3. The topological polar surface area (TPSA) is 155 Å². The molecule has 0 rings (SSSR count). The van der Waals surface area contributed by atoms with Gasteiger partial charge < -0.3 is 24.2 Å². The van der Waals surface area contributed by atoms with Gasteiger partial charge in [-0.2, -0.15) is 0 Å². The lowest BCUT2D eigenvalue weighted by Crippen LogP contribution is -2.30. The summed E-state index contributed by atoms with van der Waals surface area (Å²) in [4.78, 5) is 48.4. The van der Waals surface area contributed by atoms with Gasteiger partial charge >= 0.3 is 25.7 Å². The maximum Gasteiger partial charge on any atom is 0.472 e. The fourth-order valence-corrected chi connectivity index (χ4v) is 8.38. The van der Waals surface area contributed by atoms with Crippen LogP contribution in [0.25, 0.3) is 0 Å². The van der Waals surface area contributed by atoms with Gasteiger partial charge in [0, 0.05) is 19.3 Å². The van der Waals surface area contributed by atoms with Crippen molar-refractivity contribution in [2.75, 3.05) is 26.4 Å². The van der Waals surface area contributed by atoms with Gasteiger partial charge in [0.1, 0.15) is 12.7 Å². The second-order valence-electron chi connectivity index (χ2n) is 18.7. The Balaban J connectivity index is 4.75. The Morgan fingerprint density at radius 3 is 1.17 bits per heavy atom. The van der Waals surface area contributed by atoms with E-state index in [1.54, 1.807) is 0 Å². The van der Waals surface area contributed by atoms with Crippen molar-refractivity contribution in [1.82, 2.24) is 0 Å². The fraction of sp³-hybridized carbons (Fsp3) is 0.776. The van der Waals surface area contributed by atoms with Crippen molar-refractivity contribution in [2.24, 2.45) is 0 Å². The van der Waals surface area contributed by atoms with Crippen molar-refractivity contribution >= 4 is 25.7 Å². The van der Waals surface area contributed by atoms with Crippen LogP contribution in [0.3, 0.4) is 0 Å². The molecular formula is C58H103O11P. The van der Waals surface area contributed by atoms with Gasteiger partial charge in [0.05, 0.1) is 19.8 Å². The molecule has 11 nitrogen and oxygen atoms in total. The van der Waals surface area contributed by atoms with Crippen molar-refractivity contribution in [2.45, 2.75) is 264 Å². The first-order chi connectivity index (χ1) is 34.2.